The Morgan fingerprint density at radius 1 is 0.446 bits per heavy atom. The first-order valence-electron chi connectivity index (χ1n) is 28.4. The van der Waals surface area contributed by atoms with Gasteiger partial charge in [-0.1, -0.05) is 262 Å². The Balaban J connectivity index is 4.60. The molecule has 3 unspecified atom stereocenters. The highest BCUT2D eigenvalue weighted by Crippen LogP contribution is 2.18. The van der Waals surface area contributed by atoms with Crippen LogP contribution < -0.4 is 5.32 Å². The van der Waals surface area contributed by atoms with E-state index in [2.05, 4.69) is 74.7 Å². The van der Waals surface area contributed by atoms with Crippen molar-refractivity contribution in [2.45, 2.75) is 309 Å². The first kappa shape index (κ1) is 62.8. The lowest BCUT2D eigenvalue weighted by molar-refractivity contribution is -0.151. The largest absolute Gasteiger partial charge is 0.462 e. The molecule has 3 N–H and O–H groups in total. The summed E-state index contributed by atoms with van der Waals surface area (Å²) in [5, 5.41) is 23.8. The normalized spacial score (nSPS) is 13.5. The van der Waals surface area contributed by atoms with E-state index in [0.29, 0.717) is 19.3 Å². The molecule has 0 aromatic rings. The number of nitrogens with one attached hydrogen (secondary N) is 1. The molecule has 0 aliphatic heterocycles. The van der Waals surface area contributed by atoms with Gasteiger partial charge in [0, 0.05) is 6.42 Å². The van der Waals surface area contributed by atoms with E-state index in [1.807, 2.05) is 0 Å². The highest BCUT2D eigenvalue weighted by molar-refractivity contribution is 5.77. The van der Waals surface area contributed by atoms with Crippen LogP contribution in [0.4, 0.5) is 0 Å². The zero-order chi connectivity index (χ0) is 47.4. The molecule has 0 radical (unpaired) electrons. The third kappa shape index (κ3) is 48.1. The fraction of sp³-hybridized carbons (Fsp3) is 0.831. The maximum absolute atomic E-state index is 13.2. The van der Waals surface area contributed by atoms with Gasteiger partial charge in [0.15, 0.2) is 0 Å². The highest BCUT2D eigenvalue weighted by Gasteiger charge is 2.24. The van der Waals surface area contributed by atoms with Crippen LogP contribution in [0.25, 0.3) is 0 Å². The quantitative estimate of drug-likeness (QED) is 0.0321. The second kappa shape index (κ2) is 52.8. The van der Waals surface area contributed by atoms with Crippen LogP contribution in [0.15, 0.2) is 48.6 Å². The number of hydrogen-bond donors (Lipinski definition) is 3. The van der Waals surface area contributed by atoms with E-state index in [0.717, 1.165) is 70.6 Å². The lowest BCUT2D eigenvalue weighted by atomic mass is 10.0. The molecule has 3 atom stereocenters. The smallest absolute Gasteiger partial charge is 0.306 e. The van der Waals surface area contributed by atoms with Crippen molar-refractivity contribution in [1.29, 1.82) is 0 Å². The van der Waals surface area contributed by atoms with E-state index < -0.39 is 18.2 Å². The minimum Gasteiger partial charge on any atom is -0.462 e. The van der Waals surface area contributed by atoms with E-state index in [-0.39, 0.29) is 24.9 Å². The minimum absolute atomic E-state index is 0.0427. The summed E-state index contributed by atoms with van der Waals surface area (Å²) < 4.78 is 5.93. The van der Waals surface area contributed by atoms with Gasteiger partial charge < -0.3 is 20.3 Å². The summed E-state index contributed by atoms with van der Waals surface area (Å²) in [6.07, 6.45) is 64.7. The summed E-state index contributed by atoms with van der Waals surface area (Å²) in [5.41, 5.74) is 0. The number of ether oxygens (including phenoxy) is 1. The zero-order valence-electron chi connectivity index (χ0n) is 43.4. The first-order chi connectivity index (χ1) is 32.0. The average Bonchev–Trinajstić information content (AvgIpc) is 3.30. The molecule has 380 valence electrons. The van der Waals surface area contributed by atoms with Gasteiger partial charge in [0.05, 0.1) is 25.2 Å². The van der Waals surface area contributed by atoms with Crippen LogP contribution >= 0.6 is 0 Å². The van der Waals surface area contributed by atoms with E-state index in [1.54, 1.807) is 0 Å². The van der Waals surface area contributed by atoms with Crippen molar-refractivity contribution in [2.75, 3.05) is 6.61 Å². The monoisotopic (exact) mass is 912 g/mol. The molecule has 0 aromatic carbocycles. The Labute approximate surface area is 404 Å². The Morgan fingerprint density at radius 3 is 1.22 bits per heavy atom. The molecule has 0 aliphatic rings. The Morgan fingerprint density at radius 2 is 0.800 bits per heavy atom. The summed E-state index contributed by atoms with van der Waals surface area (Å²) in [7, 11) is 0. The van der Waals surface area contributed by atoms with Crippen LogP contribution in [0.3, 0.4) is 0 Å². The van der Waals surface area contributed by atoms with Crippen LogP contribution in [0.2, 0.25) is 0 Å². The first-order valence-corrected chi connectivity index (χ1v) is 28.4. The molecule has 0 bridgehead atoms. The average molecular weight is 913 g/mol. The van der Waals surface area contributed by atoms with Gasteiger partial charge in [0.25, 0.3) is 0 Å². The highest BCUT2D eigenvalue weighted by atomic mass is 16.5. The summed E-state index contributed by atoms with van der Waals surface area (Å²) >= 11 is 0. The number of amides is 1. The molecule has 1 amide bonds. The minimum atomic E-state index is -0.800. The van der Waals surface area contributed by atoms with E-state index in [4.69, 9.17) is 4.74 Å². The zero-order valence-corrected chi connectivity index (χ0v) is 43.4. The number of allylic oxidation sites excluding steroid dienone is 8. The lowest BCUT2D eigenvalue weighted by Gasteiger charge is -2.24. The summed E-state index contributed by atoms with van der Waals surface area (Å²) in [6, 6.07) is -0.717. The van der Waals surface area contributed by atoms with Crippen molar-refractivity contribution in [1.82, 2.24) is 5.32 Å². The lowest BCUT2D eigenvalue weighted by Crippen LogP contribution is -2.46. The van der Waals surface area contributed by atoms with Crippen molar-refractivity contribution in [3.8, 4) is 0 Å². The van der Waals surface area contributed by atoms with E-state index in [9.17, 15) is 19.8 Å². The molecule has 0 spiro atoms. The van der Waals surface area contributed by atoms with Crippen molar-refractivity contribution >= 4 is 11.9 Å². The molecule has 0 fully saturated rings. The van der Waals surface area contributed by atoms with Crippen molar-refractivity contribution in [3.63, 3.8) is 0 Å². The fourth-order valence-electron chi connectivity index (χ4n) is 8.60. The molecule has 0 rings (SSSR count). The molecule has 0 saturated heterocycles. The van der Waals surface area contributed by atoms with Gasteiger partial charge in [-0.2, -0.15) is 0 Å². The number of rotatable bonds is 51. The molecule has 0 aromatic heterocycles. The van der Waals surface area contributed by atoms with Crippen LogP contribution in [0.5, 0.6) is 0 Å². The number of esters is 1. The molecular formula is C59H109NO5. The van der Waals surface area contributed by atoms with E-state index >= 15 is 0 Å². The third-order valence-electron chi connectivity index (χ3n) is 12.9. The van der Waals surface area contributed by atoms with Crippen LogP contribution in [0, 0.1) is 0 Å². The second-order valence-electron chi connectivity index (χ2n) is 19.3. The Kier molecular flexibility index (Phi) is 51.0. The molecule has 6 nitrogen and oxygen atoms in total. The van der Waals surface area contributed by atoms with Crippen LogP contribution in [0.1, 0.15) is 290 Å². The predicted octanol–water partition coefficient (Wildman–Crippen LogP) is 17.4. The number of carbonyl (C=O) groups is 2. The summed E-state index contributed by atoms with van der Waals surface area (Å²) in [6.45, 7) is 6.45. The number of unbranched alkanes of at least 4 members (excludes halogenated alkanes) is 31. The Hall–Kier alpha value is -2.18. The van der Waals surface area contributed by atoms with Gasteiger partial charge >= 0.3 is 5.97 Å². The van der Waals surface area contributed by atoms with Gasteiger partial charge in [-0.15, -0.1) is 0 Å². The SMILES string of the molecule is CCCCC/C=C\C/C=C\C/C=C\C/C=C\CCCC(CC(=O)NC(CO)C(O)CCCCCCCCCCCC)OC(=O)CCCCCCCCCCCCCCCCCCCCC. The Bertz CT molecular complexity index is 1110. The number of aliphatic hydroxyl groups excluding tert-OH is 2. The van der Waals surface area contributed by atoms with E-state index in [1.165, 1.54) is 173 Å². The molecule has 0 heterocycles. The number of carbonyl (C=O) groups excluding carboxylic acids is 2. The van der Waals surface area contributed by atoms with Gasteiger partial charge in [0.1, 0.15) is 6.10 Å². The van der Waals surface area contributed by atoms with Crippen LogP contribution in [-0.4, -0.2) is 46.9 Å². The van der Waals surface area contributed by atoms with Gasteiger partial charge in [-0.25, -0.2) is 0 Å². The molecule has 0 saturated carbocycles. The maximum Gasteiger partial charge on any atom is 0.306 e. The van der Waals surface area contributed by atoms with Crippen molar-refractivity contribution < 1.29 is 24.5 Å². The van der Waals surface area contributed by atoms with Crippen molar-refractivity contribution in [2.24, 2.45) is 0 Å². The third-order valence-corrected chi connectivity index (χ3v) is 12.9. The summed E-state index contributed by atoms with van der Waals surface area (Å²) in [4.78, 5) is 26.2. The number of aliphatic hydroxyl groups is 2. The molecule has 65 heavy (non-hydrogen) atoms. The predicted molar refractivity (Wildman–Crippen MR) is 282 cm³/mol. The number of hydrogen-bond acceptors (Lipinski definition) is 5. The summed E-state index contributed by atoms with van der Waals surface area (Å²) in [5.74, 6) is -0.516. The second-order valence-corrected chi connectivity index (χ2v) is 19.3. The molecule has 6 heteroatoms. The van der Waals surface area contributed by atoms with Crippen LogP contribution in [-0.2, 0) is 14.3 Å². The molecule has 0 aliphatic carbocycles. The van der Waals surface area contributed by atoms with Gasteiger partial charge in [-0.05, 0) is 64.2 Å². The van der Waals surface area contributed by atoms with Gasteiger partial charge in [0.2, 0.25) is 5.91 Å². The topological polar surface area (TPSA) is 95.9 Å². The standard InChI is InChI=1S/C59H109NO5/c1-4-7-10-13-16-19-22-24-26-28-29-31-33-35-37-40-43-46-49-52-59(64)65-55(50-47-44-41-38-36-34-32-30-27-25-23-20-17-14-11-8-5-2)53-58(63)60-56(54-61)57(62)51-48-45-42-39-21-18-15-12-9-6-3/h17,20,25,27,32,34,38,41,55-57,61-62H,4-16,18-19,21-24,26,28-31,33,35-37,39-40,42-54H2,1-3H3,(H,60,63)/b20-17-,27-25-,34-32-,41-38-. The van der Waals surface area contributed by atoms with Crippen molar-refractivity contribution in [3.05, 3.63) is 48.6 Å². The fourth-order valence-corrected chi connectivity index (χ4v) is 8.60. The molecular weight excluding hydrogens is 803 g/mol. The maximum atomic E-state index is 13.2. The van der Waals surface area contributed by atoms with Gasteiger partial charge in [-0.3, -0.25) is 9.59 Å².